The van der Waals surface area contributed by atoms with Crippen LogP contribution in [0.3, 0.4) is 0 Å². The van der Waals surface area contributed by atoms with Gasteiger partial charge in [-0.15, -0.1) is 0 Å². The van der Waals surface area contributed by atoms with E-state index in [4.69, 9.17) is 11.6 Å². The molecule has 0 bridgehead atoms. The van der Waals surface area contributed by atoms with E-state index < -0.39 is 0 Å². The SMILES string of the molecule is Cc1nn(Cc2ccc(F)cc2)c(C)c1NC(=O)Cn1cc(Cl)cn1. The average Bonchev–Trinajstić information content (AvgIpc) is 3.08. The van der Waals surface area contributed by atoms with Crippen molar-refractivity contribution < 1.29 is 9.18 Å². The Morgan fingerprint density at radius 2 is 2.00 bits per heavy atom. The molecule has 0 saturated heterocycles. The van der Waals surface area contributed by atoms with E-state index in [0.717, 1.165) is 11.3 Å². The normalized spacial score (nSPS) is 10.9. The summed E-state index contributed by atoms with van der Waals surface area (Å²) >= 11 is 5.79. The van der Waals surface area contributed by atoms with Crippen molar-refractivity contribution in [2.45, 2.75) is 26.9 Å². The molecule has 0 fully saturated rings. The fraction of sp³-hybridized carbons (Fsp3) is 0.235. The van der Waals surface area contributed by atoms with Gasteiger partial charge in [-0.1, -0.05) is 23.7 Å². The summed E-state index contributed by atoms with van der Waals surface area (Å²) in [5, 5.41) is 11.8. The molecule has 8 heteroatoms. The van der Waals surface area contributed by atoms with Gasteiger partial charge in [-0.25, -0.2) is 4.39 Å². The number of rotatable bonds is 5. The minimum Gasteiger partial charge on any atom is -0.321 e. The number of hydrogen-bond donors (Lipinski definition) is 1. The van der Waals surface area contributed by atoms with Gasteiger partial charge in [0, 0.05) is 6.20 Å². The lowest BCUT2D eigenvalue weighted by Gasteiger charge is -2.07. The van der Waals surface area contributed by atoms with Crippen molar-refractivity contribution in [2.24, 2.45) is 0 Å². The van der Waals surface area contributed by atoms with E-state index in [1.54, 1.807) is 23.0 Å². The number of amides is 1. The van der Waals surface area contributed by atoms with Crippen LogP contribution in [0.15, 0.2) is 36.7 Å². The van der Waals surface area contributed by atoms with Gasteiger partial charge >= 0.3 is 0 Å². The molecule has 6 nitrogen and oxygen atoms in total. The van der Waals surface area contributed by atoms with Crippen molar-refractivity contribution in [1.82, 2.24) is 19.6 Å². The molecule has 0 unspecified atom stereocenters. The summed E-state index contributed by atoms with van der Waals surface area (Å²) in [6, 6.07) is 6.26. The summed E-state index contributed by atoms with van der Waals surface area (Å²) in [6.07, 6.45) is 3.06. The summed E-state index contributed by atoms with van der Waals surface area (Å²) in [7, 11) is 0. The van der Waals surface area contributed by atoms with Crippen LogP contribution in [0.2, 0.25) is 5.02 Å². The van der Waals surface area contributed by atoms with Crippen molar-refractivity contribution in [2.75, 3.05) is 5.32 Å². The van der Waals surface area contributed by atoms with Crippen LogP contribution < -0.4 is 5.32 Å². The third-order valence-corrected chi connectivity index (χ3v) is 3.99. The molecule has 3 rings (SSSR count). The molecule has 1 aromatic carbocycles. The zero-order chi connectivity index (χ0) is 18.0. The van der Waals surface area contributed by atoms with Gasteiger partial charge in [-0.3, -0.25) is 14.2 Å². The molecule has 0 aliphatic heterocycles. The summed E-state index contributed by atoms with van der Waals surface area (Å²) in [5.74, 6) is -0.490. The van der Waals surface area contributed by atoms with Gasteiger partial charge in [-0.05, 0) is 31.5 Å². The van der Waals surface area contributed by atoms with E-state index in [9.17, 15) is 9.18 Å². The molecular weight excluding hydrogens is 345 g/mol. The van der Waals surface area contributed by atoms with Gasteiger partial charge in [0.2, 0.25) is 5.91 Å². The zero-order valence-corrected chi connectivity index (χ0v) is 14.6. The van der Waals surface area contributed by atoms with E-state index in [0.29, 0.717) is 22.9 Å². The molecule has 0 atom stereocenters. The zero-order valence-electron chi connectivity index (χ0n) is 13.8. The predicted octanol–water partition coefficient (Wildman–Crippen LogP) is 3.18. The first-order valence-corrected chi connectivity index (χ1v) is 8.06. The molecule has 2 aromatic heterocycles. The molecule has 0 saturated carbocycles. The van der Waals surface area contributed by atoms with Crippen LogP contribution in [0, 0.1) is 19.7 Å². The Labute approximate surface area is 149 Å². The second-order valence-electron chi connectivity index (χ2n) is 5.73. The number of carbonyl (C=O) groups excluding carboxylic acids is 1. The Morgan fingerprint density at radius 1 is 1.28 bits per heavy atom. The van der Waals surface area contributed by atoms with Crippen molar-refractivity contribution >= 4 is 23.2 Å². The summed E-state index contributed by atoms with van der Waals surface area (Å²) in [4.78, 5) is 12.2. The lowest BCUT2D eigenvalue weighted by atomic mass is 10.2. The van der Waals surface area contributed by atoms with Crippen LogP contribution in [-0.2, 0) is 17.9 Å². The minimum absolute atomic E-state index is 0.0642. The van der Waals surface area contributed by atoms with E-state index in [2.05, 4.69) is 15.5 Å². The molecule has 3 aromatic rings. The number of nitrogens with one attached hydrogen (secondary N) is 1. The number of aryl methyl sites for hydroxylation is 1. The monoisotopic (exact) mass is 361 g/mol. The molecule has 25 heavy (non-hydrogen) atoms. The molecule has 0 aliphatic carbocycles. The maximum Gasteiger partial charge on any atom is 0.246 e. The largest absolute Gasteiger partial charge is 0.321 e. The first-order chi connectivity index (χ1) is 11.9. The molecule has 1 N–H and O–H groups in total. The maximum atomic E-state index is 13.0. The van der Waals surface area contributed by atoms with Gasteiger partial charge in [-0.2, -0.15) is 10.2 Å². The van der Waals surface area contributed by atoms with Gasteiger partial charge in [0.1, 0.15) is 12.4 Å². The van der Waals surface area contributed by atoms with Gasteiger partial charge in [0.25, 0.3) is 0 Å². The van der Waals surface area contributed by atoms with Crippen molar-refractivity contribution in [3.05, 3.63) is 64.5 Å². The van der Waals surface area contributed by atoms with Crippen LogP contribution in [0.5, 0.6) is 0 Å². The Balaban J connectivity index is 1.72. The number of nitrogens with zero attached hydrogens (tertiary/aromatic N) is 4. The highest BCUT2D eigenvalue weighted by molar-refractivity contribution is 6.30. The quantitative estimate of drug-likeness (QED) is 0.759. The molecule has 130 valence electrons. The van der Waals surface area contributed by atoms with E-state index in [-0.39, 0.29) is 18.3 Å². The summed E-state index contributed by atoms with van der Waals surface area (Å²) < 4.78 is 16.3. The van der Waals surface area contributed by atoms with E-state index in [1.807, 2.05) is 13.8 Å². The summed E-state index contributed by atoms with van der Waals surface area (Å²) in [5.41, 5.74) is 3.14. The second-order valence-corrected chi connectivity index (χ2v) is 6.17. The Morgan fingerprint density at radius 3 is 2.64 bits per heavy atom. The van der Waals surface area contributed by atoms with Gasteiger partial charge in [0.15, 0.2) is 0 Å². The first-order valence-electron chi connectivity index (χ1n) is 7.68. The van der Waals surface area contributed by atoms with Crippen LogP contribution in [-0.4, -0.2) is 25.5 Å². The summed E-state index contributed by atoms with van der Waals surface area (Å²) in [6.45, 7) is 4.27. The van der Waals surface area contributed by atoms with E-state index in [1.165, 1.54) is 23.0 Å². The van der Waals surface area contributed by atoms with E-state index >= 15 is 0 Å². The smallest absolute Gasteiger partial charge is 0.246 e. The van der Waals surface area contributed by atoms with Crippen LogP contribution in [0.4, 0.5) is 10.1 Å². The Bertz CT molecular complexity index is 900. The number of aromatic nitrogens is 4. The van der Waals surface area contributed by atoms with Crippen molar-refractivity contribution in [3.8, 4) is 0 Å². The second kappa shape index (κ2) is 7.06. The third kappa shape index (κ3) is 4.06. The van der Waals surface area contributed by atoms with Crippen LogP contribution >= 0.6 is 11.6 Å². The Hall–Kier alpha value is -2.67. The van der Waals surface area contributed by atoms with Crippen molar-refractivity contribution in [3.63, 3.8) is 0 Å². The minimum atomic E-state index is -0.274. The molecular formula is C17H17ClFN5O. The average molecular weight is 362 g/mol. The number of halogens is 2. The number of benzene rings is 1. The lowest BCUT2D eigenvalue weighted by Crippen LogP contribution is -2.19. The number of carbonyl (C=O) groups is 1. The van der Waals surface area contributed by atoms with Crippen LogP contribution in [0.1, 0.15) is 17.0 Å². The highest BCUT2D eigenvalue weighted by Gasteiger charge is 2.15. The van der Waals surface area contributed by atoms with Gasteiger partial charge in [0.05, 0.1) is 34.8 Å². The predicted molar refractivity (Wildman–Crippen MR) is 93.1 cm³/mol. The standard InChI is InChI=1S/C17H17ClFN5O/c1-11-17(21-16(25)10-23-9-14(18)7-20-23)12(2)24(22-11)8-13-3-5-15(19)6-4-13/h3-7,9H,8,10H2,1-2H3,(H,21,25). The highest BCUT2D eigenvalue weighted by atomic mass is 35.5. The Kier molecular flexibility index (Phi) is 4.85. The van der Waals surface area contributed by atoms with Crippen molar-refractivity contribution in [1.29, 1.82) is 0 Å². The topological polar surface area (TPSA) is 64.7 Å². The number of anilines is 1. The number of hydrogen-bond acceptors (Lipinski definition) is 3. The molecule has 0 aliphatic rings. The van der Waals surface area contributed by atoms with Gasteiger partial charge < -0.3 is 5.32 Å². The first kappa shape index (κ1) is 17.2. The fourth-order valence-corrected chi connectivity index (χ4v) is 2.70. The maximum absolute atomic E-state index is 13.0. The molecule has 0 radical (unpaired) electrons. The van der Waals surface area contributed by atoms with Crippen LogP contribution in [0.25, 0.3) is 0 Å². The molecule has 0 spiro atoms. The third-order valence-electron chi connectivity index (χ3n) is 3.80. The molecule has 2 heterocycles. The molecule has 1 amide bonds. The lowest BCUT2D eigenvalue weighted by molar-refractivity contribution is -0.116. The fourth-order valence-electron chi connectivity index (χ4n) is 2.55. The highest BCUT2D eigenvalue weighted by Crippen LogP contribution is 2.20.